The minimum Gasteiger partial charge on any atom is -0.496 e. The van der Waals surface area contributed by atoms with Gasteiger partial charge in [0.1, 0.15) is 34.4 Å². The van der Waals surface area contributed by atoms with Crippen LogP contribution in [0.2, 0.25) is 5.02 Å². The molecule has 3 atom stereocenters. The molecule has 1 aromatic heterocycles. The van der Waals surface area contributed by atoms with E-state index in [1.54, 1.807) is 25.3 Å². The van der Waals surface area contributed by atoms with Crippen LogP contribution in [-0.2, 0) is 16.2 Å². The molecule has 10 heteroatoms. The largest absolute Gasteiger partial charge is 0.496 e. The number of allylic oxidation sites excluding steroid dienone is 1. The van der Waals surface area contributed by atoms with Gasteiger partial charge in [-0.1, -0.05) is 36.7 Å². The number of Topliss-reactive ketones (excluding diaryl/α,β-unsaturated/α-hetero) is 2. The Hall–Kier alpha value is -4.37. The third-order valence-corrected chi connectivity index (χ3v) is 8.31. The quantitative estimate of drug-likeness (QED) is 0.417. The maximum atomic E-state index is 14.5. The summed E-state index contributed by atoms with van der Waals surface area (Å²) in [6.45, 7) is 2.06. The number of ketones is 2. The number of benzene rings is 2. The van der Waals surface area contributed by atoms with Gasteiger partial charge in [-0.05, 0) is 36.2 Å². The van der Waals surface area contributed by atoms with Crippen LogP contribution in [0, 0.1) is 5.92 Å². The van der Waals surface area contributed by atoms with Gasteiger partial charge in [0.2, 0.25) is 23.1 Å². The normalized spacial score (nSPS) is 23.1. The van der Waals surface area contributed by atoms with E-state index in [2.05, 4.69) is 10.3 Å². The number of pyridine rings is 1. The highest BCUT2D eigenvalue weighted by Crippen LogP contribution is 2.55. The minimum absolute atomic E-state index is 0.0439. The lowest BCUT2D eigenvalue weighted by molar-refractivity contribution is -0.131. The SMILES string of the molecule is COc1cc(OC)c2c(c1Cl)O[C@@]1(C(=O)C3=C(C[C@H]1C)NC(=O)C[C@H]3c1ccc(OCc3ccccn3)cc1)C2=O. The molecule has 0 radical (unpaired) electrons. The molecule has 1 spiro atoms. The zero-order valence-corrected chi connectivity index (χ0v) is 23.4. The Balaban J connectivity index is 1.35. The van der Waals surface area contributed by atoms with Gasteiger partial charge in [0.25, 0.3) is 0 Å². The molecule has 9 nitrogen and oxygen atoms in total. The molecule has 2 aromatic carbocycles. The number of ether oxygens (including phenoxy) is 4. The van der Waals surface area contributed by atoms with Gasteiger partial charge in [0, 0.05) is 41.8 Å². The monoisotopic (exact) mass is 574 g/mol. The molecule has 3 heterocycles. The van der Waals surface area contributed by atoms with Crippen molar-refractivity contribution >= 4 is 29.1 Å². The topological polar surface area (TPSA) is 113 Å². The number of rotatable bonds is 6. The van der Waals surface area contributed by atoms with Crippen molar-refractivity contribution < 1.29 is 33.3 Å². The van der Waals surface area contributed by atoms with Crippen LogP contribution >= 0.6 is 11.6 Å². The molecule has 0 fully saturated rings. The first-order valence-corrected chi connectivity index (χ1v) is 13.5. The predicted molar refractivity (Wildman–Crippen MR) is 149 cm³/mol. The van der Waals surface area contributed by atoms with Crippen molar-refractivity contribution in [2.24, 2.45) is 5.92 Å². The molecular formula is C31H27ClN2O7. The van der Waals surface area contributed by atoms with Crippen LogP contribution < -0.4 is 24.3 Å². The number of fused-ring (bicyclic) bond motifs is 1. The molecule has 41 heavy (non-hydrogen) atoms. The number of methoxy groups -OCH3 is 2. The smallest absolute Gasteiger partial charge is 0.236 e. The lowest BCUT2D eigenvalue weighted by atomic mass is 9.66. The zero-order chi connectivity index (χ0) is 28.9. The zero-order valence-electron chi connectivity index (χ0n) is 22.7. The van der Waals surface area contributed by atoms with Crippen LogP contribution in [0.15, 0.2) is 66.0 Å². The average Bonchev–Trinajstić information content (AvgIpc) is 3.30. The molecule has 2 aliphatic heterocycles. The number of hydrogen-bond donors (Lipinski definition) is 1. The van der Waals surface area contributed by atoms with Crippen LogP contribution in [0.25, 0.3) is 0 Å². The first-order valence-electron chi connectivity index (χ1n) is 13.2. The molecule has 1 N–H and O–H groups in total. The van der Waals surface area contributed by atoms with Crippen molar-refractivity contribution in [2.45, 2.75) is 37.9 Å². The van der Waals surface area contributed by atoms with E-state index in [-0.39, 0.29) is 46.6 Å². The van der Waals surface area contributed by atoms with Crippen molar-refractivity contribution in [1.29, 1.82) is 0 Å². The summed E-state index contributed by atoms with van der Waals surface area (Å²) in [5.74, 6) is -1.24. The van der Waals surface area contributed by atoms with Crippen LogP contribution in [0.4, 0.5) is 0 Å². The van der Waals surface area contributed by atoms with Crippen molar-refractivity contribution in [1.82, 2.24) is 10.3 Å². The Morgan fingerprint density at radius 2 is 1.78 bits per heavy atom. The Morgan fingerprint density at radius 3 is 2.46 bits per heavy atom. The molecule has 210 valence electrons. The summed E-state index contributed by atoms with van der Waals surface area (Å²) < 4.78 is 22.9. The summed E-state index contributed by atoms with van der Waals surface area (Å²) in [6.07, 6.45) is 2.00. The van der Waals surface area contributed by atoms with Crippen LogP contribution in [0.3, 0.4) is 0 Å². The second kappa shape index (κ2) is 10.2. The third-order valence-electron chi connectivity index (χ3n) is 7.95. The molecule has 0 bridgehead atoms. The number of aromatic nitrogens is 1. The van der Waals surface area contributed by atoms with Gasteiger partial charge >= 0.3 is 0 Å². The second-order valence-electron chi connectivity index (χ2n) is 10.3. The highest BCUT2D eigenvalue weighted by molar-refractivity contribution is 6.36. The molecule has 0 saturated carbocycles. The van der Waals surface area contributed by atoms with Crippen molar-refractivity contribution in [3.8, 4) is 23.0 Å². The predicted octanol–water partition coefficient (Wildman–Crippen LogP) is 4.81. The van der Waals surface area contributed by atoms with Crippen LogP contribution in [0.5, 0.6) is 23.0 Å². The number of halogens is 1. The highest BCUT2D eigenvalue weighted by atomic mass is 35.5. The molecule has 0 saturated heterocycles. The van der Waals surface area contributed by atoms with Gasteiger partial charge < -0.3 is 24.3 Å². The maximum absolute atomic E-state index is 14.5. The van der Waals surface area contributed by atoms with Gasteiger partial charge in [-0.25, -0.2) is 0 Å². The Bertz CT molecular complexity index is 1600. The van der Waals surface area contributed by atoms with Gasteiger partial charge in [-0.15, -0.1) is 0 Å². The molecular weight excluding hydrogens is 548 g/mol. The van der Waals surface area contributed by atoms with E-state index in [9.17, 15) is 14.4 Å². The fraction of sp³-hybridized carbons (Fsp3) is 0.290. The van der Waals surface area contributed by atoms with E-state index in [0.29, 0.717) is 23.6 Å². The van der Waals surface area contributed by atoms with E-state index >= 15 is 0 Å². The van der Waals surface area contributed by atoms with Gasteiger partial charge in [-0.2, -0.15) is 0 Å². The average molecular weight is 575 g/mol. The van der Waals surface area contributed by atoms with E-state index in [1.807, 2.05) is 30.3 Å². The number of nitrogens with one attached hydrogen (secondary N) is 1. The molecule has 6 rings (SSSR count). The fourth-order valence-corrected chi connectivity index (χ4v) is 6.18. The van der Waals surface area contributed by atoms with E-state index < -0.39 is 29.0 Å². The Labute approximate surface area is 241 Å². The van der Waals surface area contributed by atoms with Crippen molar-refractivity contribution in [2.75, 3.05) is 14.2 Å². The van der Waals surface area contributed by atoms with Gasteiger partial charge in [0.15, 0.2) is 5.75 Å². The maximum Gasteiger partial charge on any atom is 0.236 e. The molecule has 3 aliphatic rings. The van der Waals surface area contributed by atoms with Gasteiger partial charge in [0.05, 0.1) is 19.9 Å². The van der Waals surface area contributed by atoms with E-state index in [0.717, 1.165) is 11.3 Å². The molecule has 0 unspecified atom stereocenters. The third kappa shape index (κ3) is 4.23. The Kier molecular flexibility index (Phi) is 6.69. The number of carbonyl (C=O) groups excluding carboxylic acids is 3. The number of hydrogen-bond acceptors (Lipinski definition) is 8. The van der Waals surface area contributed by atoms with Crippen molar-refractivity contribution in [3.63, 3.8) is 0 Å². The molecule has 1 aliphatic carbocycles. The Morgan fingerprint density at radius 1 is 1.02 bits per heavy atom. The van der Waals surface area contributed by atoms with Gasteiger partial charge in [-0.3, -0.25) is 19.4 Å². The fourth-order valence-electron chi connectivity index (χ4n) is 5.91. The standard InChI is InChI=1S/C31H27ClN2O7/c1-16-12-21-25(29(36)31(16)30(37)26-22(38-2)14-23(39-3)27(32)28(26)41-31)20(13-24(35)34-21)17-7-9-19(10-8-17)40-15-18-6-4-5-11-33-18/h4-11,14,16,20H,12-13,15H2,1-3H3,(H,34,35)/t16-,20+,31+/m1/s1. The summed E-state index contributed by atoms with van der Waals surface area (Å²) in [5, 5.41) is 2.96. The summed E-state index contributed by atoms with van der Waals surface area (Å²) in [4.78, 5) is 45.6. The summed E-state index contributed by atoms with van der Waals surface area (Å²) in [5.41, 5.74) is 0.653. The number of carbonyl (C=O) groups is 3. The summed E-state index contributed by atoms with van der Waals surface area (Å²) in [7, 11) is 2.86. The molecule has 1 amide bonds. The lowest BCUT2D eigenvalue weighted by Gasteiger charge is -2.41. The first-order chi connectivity index (χ1) is 19.8. The second-order valence-corrected chi connectivity index (χ2v) is 10.7. The van der Waals surface area contributed by atoms with Crippen LogP contribution in [0.1, 0.15) is 47.3 Å². The summed E-state index contributed by atoms with van der Waals surface area (Å²) in [6, 6.07) is 14.3. The number of nitrogens with zero attached hydrogens (tertiary/aromatic N) is 1. The number of amides is 1. The van der Waals surface area contributed by atoms with Crippen LogP contribution in [-0.4, -0.2) is 42.3 Å². The van der Waals surface area contributed by atoms with E-state index in [1.165, 1.54) is 20.3 Å². The minimum atomic E-state index is -1.85. The molecule has 3 aromatic rings. The lowest BCUT2D eigenvalue weighted by Crippen LogP contribution is -2.59. The first kappa shape index (κ1) is 26.8. The van der Waals surface area contributed by atoms with Crippen molar-refractivity contribution in [3.05, 3.63) is 87.8 Å². The summed E-state index contributed by atoms with van der Waals surface area (Å²) >= 11 is 6.55. The van der Waals surface area contributed by atoms with E-state index in [4.69, 9.17) is 30.5 Å². The highest BCUT2D eigenvalue weighted by Gasteiger charge is 2.63.